The van der Waals surface area contributed by atoms with Crippen LogP contribution in [0.2, 0.25) is 0 Å². The van der Waals surface area contributed by atoms with Crippen LogP contribution in [0.4, 0.5) is 4.39 Å². The molecule has 2 aromatic carbocycles. The van der Waals surface area contributed by atoms with Gasteiger partial charge in [0.1, 0.15) is 5.82 Å². The Hall–Kier alpha value is -2.73. The number of benzene rings is 2. The van der Waals surface area contributed by atoms with Crippen molar-refractivity contribution < 1.29 is 14.0 Å². The lowest BCUT2D eigenvalue weighted by molar-refractivity contribution is -0.135. The largest absolute Gasteiger partial charge is 0.355 e. The van der Waals surface area contributed by atoms with Crippen LogP contribution in [0.15, 0.2) is 48.5 Å². The van der Waals surface area contributed by atoms with Crippen LogP contribution in [-0.2, 0) is 17.9 Å². The fraction of sp³-hybridized carbons (Fsp3) is 0.333. The summed E-state index contributed by atoms with van der Waals surface area (Å²) in [6, 6.07) is 13.2. The van der Waals surface area contributed by atoms with Crippen LogP contribution in [0.1, 0.15) is 28.4 Å². The Kier molecular flexibility index (Phi) is 7.07. The molecule has 2 rings (SSSR count). The zero-order valence-corrected chi connectivity index (χ0v) is 16.2. The van der Waals surface area contributed by atoms with Gasteiger partial charge in [0.15, 0.2) is 0 Å². The first-order valence-electron chi connectivity index (χ1n) is 8.82. The van der Waals surface area contributed by atoms with Gasteiger partial charge in [0.2, 0.25) is 5.91 Å². The van der Waals surface area contributed by atoms with Gasteiger partial charge in [0, 0.05) is 32.7 Å². The second kappa shape index (κ2) is 9.28. The number of carbonyl (C=O) groups is 2. The quantitative estimate of drug-likeness (QED) is 0.814. The molecule has 0 aliphatic rings. The van der Waals surface area contributed by atoms with Gasteiger partial charge in [-0.05, 0) is 49.4 Å². The lowest BCUT2D eigenvalue weighted by Crippen LogP contribution is -2.43. The van der Waals surface area contributed by atoms with Crippen LogP contribution in [0.3, 0.4) is 0 Å². The van der Waals surface area contributed by atoms with Crippen LogP contribution < -0.4 is 5.32 Å². The molecule has 6 heteroatoms. The van der Waals surface area contributed by atoms with E-state index in [1.54, 1.807) is 43.3 Å². The van der Waals surface area contributed by atoms with Crippen molar-refractivity contribution in [2.75, 3.05) is 21.1 Å². The molecule has 0 radical (unpaired) electrons. The Morgan fingerprint density at radius 1 is 1.04 bits per heavy atom. The minimum Gasteiger partial charge on any atom is -0.355 e. The molecule has 144 valence electrons. The molecule has 0 saturated carbocycles. The average molecular weight is 371 g/mol. The number of nitrogens with zero attached hydrogens (tertiary/aromatic N) is 2. The lowest BCUT2D eigenvalue weighted by atomic mass is 10.1. The molecule has 2 amide bonds. The van der Waals surface area contributed by atoms with Crippen molar-refractivity contribution in [3.05, 3.63) is 71.0 Å². The van der Waals surface area contributed by atoms with Crippen LogP contribution in [0.25, 0.3) is 0 Å². The highest BCUT2D eigenvalue weighted by molar-refractivity contribution is 5.93. The van der Waals surface area contributed by atoms with Gasteiger partial charge in [0.25, 0.3) is 5.91 Å². The molecule has 2 aromatic rings. The summed E-state index contributed by atoms with van der Waals surface area (Å²) < 4.78 is 13.3. The first kappa shape index (κ1) is 20.6. The minimum atomic E-state index is -0.331. The summed E-state index contributed by atoms with van der Waals surface area (Å²) in [5.41, 5.74) is 2.37. The molecule has 5 nitrogen and oxygen atoms in total. The maximum absolute atomic E-state index is 13.3. The van der Waals surface area contributed by atoms with Gasteiger partial charge in [-0.1, -0.05) is 24.3 Å². The van der Waals surface area contributed by atoms with Crippen LogP contribution in [-0.4, -0.2) is 48.8 Å². The fourth-order valence-electron chi connectivity index (χ4n) is 2.83. The number of rotatable bonds is 7. The van der Waals surface area contributed by atoms with Crippen LogP contribution >= 0.6 is 0 Å². The standard InChI is InChI=1S/C21H26FN3O2/c1-15(21(27)25(4)14-17-6-5-7-19(22)12-17)24(3)13-16-8-10-18(11-9-16)20(26)23-2/h5-12,15H,13-14H2,1-4H3,(H,23,26)/t15-/m0/s1. The highest BCUT2D eigenvalue weighted by Crippen LogP contribution is 2.12. The van der Waals surface area contributed by atoms with Crippen molar-refractivity contribution in [2.24, 2.45) is 0 Å². The highest BCUT2D eigenvalue weighted by Gasteiger charge is 2.22. The molecule has 0 spiro atoms. The molecule has 0 fully saturated rings. The lowest BCUT2D eigenvalue weighted by Gasteiger charge is -2.28. The first-order valence-corrected chi connectivity index (χ1v) is 8.82. The van der Waals surface area contributed by atoms with Gasteiger partial charge in [-0.2, -0.15) is 0 Å². The molecule has 27 heavy (non-hydrogen) atoms. The average Bonchev–Trinajstić information content (AvgIpc) is 2.66. The van der Waals surface area contributed by atoms with Crippen molar-refractivity contribution in [2.45, 2.75) is 26.1 Å². The van der Waals surface area contributed by atoms with Crippen molar-refractivity contribution in [1.29, 1.82) is 0 Å². The highest BCUT2D eigenvalue weighted by atomic mass is 19.1. The van der Waals surface area contributed by atoms with E-state index in [9.17, 15) is 14.0 Å². The maximum Gasteiger partial charge on any atom is 0.251 e. The molecule has 0 saturated heterocycles. The van der Waals surface area contributed by atoms with Gasteiger partial charge >= 0.3 is 0 Å². The second-order valence-electron chi connectivity index (χ2n) is 6.69. The topological polar surface area (TPSA) is 52.7 Å². The van der Waals surface area contributed by atoms with E-state index in [1.165, 1.54) is 12.1 Å². The van der Waals surface area contributed by atoms with Crippen molar-refractivity contribution in [3.8, 4) is 0 Å². The van der Waals surface area contributed by atoms with Crippen LogP contribution in [0, 0.1) is 5.82 Å². The SMILES string of the molecule is CNC(=O)c1ccc(CN(C)[C@@H](C)C(=O)N(C)Cc2cccc(F)c2)cc1. The summed E-state index contributed by atoms with van der Waals surface area (Å²) in [6.07, 6.45) is 0. The number of hydrogen-bond acceptors (Lipinski definition) is 3. The summed E-state index contributed by atoms with van der Waals surface area (Å²) in [5, 5.41) is 2.59. The third-order valence-corrected chi connectivity index (χ3v) is 4.58. The maximum atomic E-state index is 13.3. The number of hydrogen-bond donors (Lipinski definition) is 1. The van der Waals surface area contributed by atoms with E-state index < -0.39 is 0 Å². The summed E-state index contributed by atoms with van der Waals surface area (Å²) in [7, 11) is 5.19. The Bertz CT molecular complexity index is 792. The zero-order chi connectivity index (χ0) is 20.0. The van der Waals surface area contributed by atoms with Gasteiger partial charge in [0.05, 0.1) is 6.04 Å². The second-order valence-corrected chi connectivity index (χ2v) is 6.69. The Labute approximate surface area is 159 Å². The molecular formula is C21H26FN3O2. The molecule has 0 bridgehead atoms. The minimum absolute atomic E-state index is 0.0382. The third kappa shape index (κ3) is 5.62. The number of halogens is 1. The molecule has 1 N–H and O–H groups in total. The summed E-state index contributed by atoms with van der Waals surface area (Å²) in [6.45, 7) is 2.79. The van der Waals surface area contributed by atoms with Crippen LogP contribution in [0.5, 0.6) is 0 Å². The summed E-state index contributed by atoms with van der Waals surface area (Å²) in [4.78, 5) is 27.8. The van der Waals surface area contributed by atoms with Crippen molar-refractivity contribution in [3.63, 3.8) is 0 Å². The summed E-state index contributed by atoms with van der Waals surface area (Å²) >= 11 is 0. The zero-order valence-electron chi connectivity index (χ0n) is 16.2. The smallest absolute Gasteiger partial charge is 0.251 e. The Morgan fingerprint density at radius 2 is 1.70 bits per heavy atom. The molecule has 0 unspecified atom stereocenters. The molecule has 0 heterocycles. The predicted molar refractivity (Wildman–Crippen MR) is 104 cm³/mol. The van der Waals surface area contributed by atoms with E-state index in [0.717, 1.165) is 11.1 Å². The fourth-order valence-corrected chi connectivity index (χ4v) is 2.83. The van der Waals surface area contributed by atoms with E-state index >= 15 is 0 Å². The van der Waals surface area contributed by atoms with Gasteiger partial charge in [-0.25, -0.2) is 4.39 Å². The molecule has 0 aliphatic carbocycles. The molecule has 0 aliphatic heterocycles. The summed E-state index contributed by atoms with van der Waals surface area (Å²) in [5.74, 6) is -0.472. The molecule has 1 atom stereocenters. The van der Waals surface area contributed by atoms with E-state index in [0.29, 0.717) is 18.7 Å². The number of nitrogens with one attached hydrogen (secondary N) is 1. The number of carbonyl (C=O) groups excluding carboxylic acids is 2. The molecule has 0 aromatic heterocycles. The van der Waals surface area contributed by atoms with E-state index in [4.69, 9.17) is 0 Å². The monoisotopic (exact) mass is 371 g/mol. The van der Waals surface area contributed by atoms with E-state index in [2.05, 4.69) is 5.32 Å². The number of likely N-dealkylation sites (N-methyl/N-ethyl adjacent to an activating group) is 2. The van der Waals surface area contributed by atoms with Crippen molar-refractivity contribution >= 4 is 11.8 Å². The van der Waals surface area contributed by atoms with E-state index in [1.807, 2.05) is 31.0 Å². The predicted octanol–water partition coefficient (Wildman–Crippen LogP) is 2.66. The number of amides is 2. The third-order valence-electron chi connectivity index (χ3n) is 4.58. The van der Waals surface area contributed by atoms with Crippen molar-refractivity contribution in [1.82, 2.24) is 15.1 Å². The first-order chi connectivity index (χ1) is 12.8. The van der Waals surface area contributed by atoms with Gasteiger partial charge < -0.3 is 10.2 Å². The van der Waals surface area contributed by atoms with Gasteiger partial charge in [-0.15, -0.1) is 0 Å². The van der Waals surface area contributed by atoms with Gasteiger partial charge in [-0.3, -0.25) is 14.5 Å². The normalized spacial score (nSPS) is 11.9. The van der Waals surface area contributed by atoms with E-state index in [-0.39, 0.29) is 23.7 Å². The Morgan fingerprint density at radius 3 is 2.30 bits per heavy atom. The molecular weight excluding hydrogens is 345 g/mol. The Balaban J connectivity index is 1.95.